The molecule has 0 heterocycles. The smallest absolute Gasteiger partial charge is 0.159 e. The van der Waals surface area contributed by atoms with Crippen molar-refractivity contribution >= 4 is 12.7 Å². The molecule has 0 aromatic heterocycles. The topological polar surface area (TPSA) is 0 Å². The molecule has 0 nitrogen and oxygen atoms in total. The summed E-state index contributed by atoms with van der Waals surface area (Å²) in [6, 6.07) is 1.34. The minimum atomic E-state index is -0.891. The fraction of sp³-hybridized carbons (Fsp3) is 0.250. The summed E-state index contributed by atoms with van der Waals surface area (Å²) < 4.78 is 37.9. The van der Waals surface area contributed by atoms with Crippen LogP contribution in [0.1, 0.15) is 6.92 Å². The Balaban J connectivity index is 3.10. The van der Waals surface area contributed by atoms with E-state index in [0.29, 0.717) is 18.5 Å². The second kappa shape index (κ2) is 3.65. The average Bonchev–Trinajstić information content (AvgIpc) is 1.96. The molecule has 0 saturated heterocycles. The number of benzene rings is 1. The molecule has 1 aromatic carbocycles. The van der Waals surface area contributed by atoms with Gasteiger partial charge in [-0.1, -0.05) is 13.2 Å². The van der Waals surface area contributed by atoms with Gasteiger partial charge in [0.2, 0.25) is 0 Å². The molecule has 63 valence electrons. The van der Waals surface area contributed by atoms with Gasteiger partial charge in [0.15, 0.2) is 7.28 Å². The summed E-state index contributed by atoms with van der Waals surface area (Å²) in [5, 5.41) is 0. The van der Waals surface area contributed by atoms with E-state index < -0.39 is 17.5 Å². The maximum absolute atomic E-state index is 12.8. The average molecular weight is 171 g/mol. The lowest BCUT2D eigenvalue weighted by Gasteiger charge is -2.01. The Morgan fingerprint density at radius 1 is 1.17 bits per heavy atom. The molecule has 0 bridgehead atoms. The van der Waals surface area contributed by atoms with Crippen molar-refractivity contribution in [1.29, 1.82) is 0 Å². The maximum atomic E-state index is 12.8. The predicted molar refractivity (Wildman–Crippen MR) is 42.2 cm³/mol. The molecule has 0 fully saturated rings. The van der Waals surface area contributed by atoms with Gasteiger partial charge in [-0.05, 0) is 5.46 Å². The Hall–Kier alpha value is -0.925. The zero-order valence-corrected chi connectivity index (χ0v) is 6.57. The van der Waals surface area contributed by atoms with Crippen LogP contribution in [0, 0.1) is 17.5 Å². The minimum Gasteiger partial charge on any atom is -0.207 e. The van der Waals surface area contributed by atoms with Crippen LogP contribution < -0.4 is 5.46 Å². The molecule has 0 unspecified atom stereocenters. The Morgan fingerprint density at radius 3 is 2.08 bits per heavy atom. The number of halogens is 3. The van der Waals surface area contributed by atoms with Crippen LogP contribution >= 0.6 is 0 Å². The van der Waals surface area contributed by atoms with Crippen molar-refractivity contribution in [2.45, 2.75) is 13.2 Å². The van der Waals surface area contributed by atoms with E-state index in [0.717, 1.165) is 0 Å². The molecule has 1 radical (unpaired) electrons. The van der Waals surface area contributed by atoms with Gasteiger partial charge in [0, 0.05) is 12.1 Å². The fourth-order valence-electron chi connectivity index (χ4n) is 0.952. The van der Waals surface area contributed by atoms with Gasteiger partial charge < -0.3 is 0 Å². The van der Waals surface area contributed by atoms with E-state index in [9.17, 15) is 13.2 Å². The van der Waals surface area contributed by atoms with Crippen LogP contribution in [0.3, 0.4) is 0 Å². The first kappa shape index (κ1) is 9.17. The Bertz CT molecular complexity index is 263. The molecule has 1 rings (SSSR count). The standard InChI is InChI=1S/C8H7BF3/c1-2-9-8-6(11)3-5(10)4-7(8)12/h3-4H,2H2,1H3. The molecule has 12 heavy (non-hydrogen) atoms. The van der Waals surface area contributed by atoms with Gasteiger partial charge >= 0.3 is 0 Å². The van der Waals surface area contributed by atoms with Gasteiger partial charge in [0.05, 0.1) is 0 Å². The molecule has 0 amide bonds. The summed E-state index contributed by atoms with van der Waals surface area (Å²) in [7, 11) is 1.38. The first-order valence-corrected chi connectivity index (χ1v) is 3.63. The Kier molecular flexibility index (Phi) is 2.79. The molecular formula is C8H7BF3. The highest BCUT2D eigenvalue weighted by Gasteiger charge is 2.10. The van der Waals surface area contributed by atoms with Crippen molar-refractivity contribution in [2.24, 2.45) is 0 Å². The number of hydrogen-bond acceptors (Lipinski definition) is 0. The van der Waals surface area contributed by atoms with Crippen molar-refractivity contribution < 1.29 is 13.2 Å². The van der Waals surface area contributed by atoms with Gasteiger partial charge in [-0.2, -0.15) is 0 Å². The second-order valence-corrected chi connectivity index (χ2v) is 2.40. The molecular weight excluding hydrogens is 164 g/mol. The van der Waals surface area contributed by atoms with Crippen molar-refractivity contribution in [3.8, 4) is 0 Å². The van der Waals surface area contributed by atoms with E-state index in [1.165, 1.54) is 7.28 Å². The molecule has 0 atom stereocenters. The molecule has 1 aromatic rings. The van der Waals surface area contributed by atoms with Crippen LogP contribution in [-0.4, -0.2) is 7.28 Å². The van der Waals surface area contributed by atoms with Crippen LogP contribution in [0.2, 0.25) is 6.32 Å². The van der Waals surface area contributed by atoms with E-state index in [1.54, 1.807) is 6.92 Å². The number of rotatable bonds is 2. The molecule has 0 aliphatic rings. The lowest BCUT2D eigenvalue weighted by Crippen LogP contribution is -2.22. The molecule has 0 aliphatic carbocycles. The third-order valence-electron chi connectivity index (χ3n) is 1.45. The summed E-state index contributed by atoms with van der Waals surface area (Å²) in [6.07, 6.45) is 0.513. The maximum Gasteiger partial charge on any atom is 0.159 e. The molecule has 4 heteroatoms. The van der Waals surface area contributed by atoms with Crippen molar-refractivity contribution in [3.05, 3.63) is 29.6 Å². The minimum absolute atomic E-state index is 0.154. The first-order valence-electron chi connectivity index (χ1n) is 3.63. The normalized spacial score (nSPS) is 10.0. The molecule has 0 saturated carbocycles. The highest BCUT2D eigenvalue weighted by Crippen LogP contribution is 2.03. The molecule has 0 aliphatic heterocycles. The van der Waals surface area contributed by atoms with Gasteiger partial charge in [0.25, 0.3) is 0 Å². The lowest BCUT2D eigenvalue weighted by atomic mass is 9.67. The van der Waals surface area contributed by atoms with E-state index in [1.807, 2.05) is 0 Å². The van der Waals surface area contributed by atoms with Gasteiger partial charge in [0.1, 0.15) is 17.5 Å². The zero-order chi connectivity index (χ0) is 9.14. The quantitative estimate of drug-likeness (QED) is 0.595. The van der Waals surface area contributed by atoms with Crippen LogP contribution in [0.5, 0.6) is 0 Å². The molecule has 0 N–H and O–H groups in total. The monoisotopic (exact) mass is 171 g/mol. The predicted octanol–water partition coefficient (Wildman–Crippen LogP) is 1.87. The third-order valence-corrected chi connectivity index (χ3v) is 1.45. The summed E-state index contributed by atoms with van der Waals surface area (Å²) >= 11 is 0. The van der Waals surface area contributed by atoms with Gasteiger partial charge in [-0.25, -0.2) is 13.2 Å². The fourth-order valence-corrected chi connectivity index (χ4v) is 0.952. The van der Waals surface area contributed by atoms with Crippen LogP contribution in [-0.2, 0) is 0 Å². The third kappa shape index (κ3) is 1.81. The van der Waals surface area contributed by atoms with Crippen molar-refractivity contribution in [3.63, 3.8) is 0 Å². The van der Waals surface area contributed by atoms with E-state index in [-0.39, 0.29) is 5.46 Å². The molecule has 0 spiro atoms. The largest absolute Gasteiger partial charge is 0.207 e. The Labute approximate surface area is 69.6 Å². The van der Waals surface area contributed by atoms with Gasteiger partial charge in [-0.15, -0.1) is 0 Å². The van der Waals surface area contributed by atoms with Crippen LogP contribution in [0.4, 0.5) is 13.2 Å². The van der Waals surface area contributed by atoms with E-state index in [2.05, 4.69) is 0 Å². The van der Waals surface area contributed by atoms with Crippen LogP contribution in [0.15, 0.2) is 12.1 Å². The van der Waals surface area contributed by atoms with E-state index in [4.69, 9.17) is 0 Å². The highest BCUT2D eigenvalue weighted by molar-refractivity contribution is 6.53. The second-order valence-electron chi connectivity index (χ2n) is 2.40. The Morgan fingerprint density at radius 2 is 1.67 bits per heavy atom. The van der Waals surface area contributed by atoms with Gasteiger partial charge in [-0.3, -0.25) is 0 Å². The zero-order valence-electron chi connectivity index (χ0n) is 6.57. The first-order chi connectivity index (χ1) is 5.65. The summed E-state index contributed by atoms with van der Waals surface area (Å²) in [5.41, 5.74) is -0.154. The number of hydrogen-bond donors (Lipinski definition) is 0. The summed E-state index contributed by atoms with van der Waals surface area (Å²) in [4.78, 5) is 0. The highest BCUT2D eigenvalue weighted by atomic mass is 19.1. The summed E-state index contributed by atoms with van der Waals surface area (Å²) in [6.45, 7) is 1.75. The van der Waals surface area contributed by atoms with Crippen molar-refractivity contribution in [1.82, 2.24) is 0 Å². The SMILES string of the molecule is CC[B]c1c(F)cc(F)cc1F. The van der Waals surface area contributed by atoms with Crippen LogP contribution in [0.25, 0.3) is 0 Å². The van der Waals surface area contributed by atoms with Crippen molar-refractivity contribution in [2.75, 3.05) is 0 Å². The van der Waals surface area contributed by atoms with E-state index >= 15 is 0 Å². The summed E-state index contributed by atoms with van der Waals surface area (Å²) in [5.74, 6) is -2.60. The lowest BCUT2D eigenvalue weighted by molar-refractivity contribution is 0.553.